The van der Waals surface area contributed by atoms with Crippen LogP contribution in [0.1, 0.15) is 42.5 Å². The quantitative estimate of drug-likeness (QED) is 0.673. The first-order chi connectivity index (χ1) is 14.3. The summed E-state index contributed by atoms with van der Waals surface area (Å²) in [6.45, 7) is 3.53. The third-order valence-electron chi connectivity index (χ3n) is 5.30. The second kappa shape index (κ2) is 7.77. The monoisotopic (exact) mass is 431 g/mol. The number of anilines is 1. The molecule has 10 heteroatoms. The lowest BCUT2D eigenvalue weighted by Crippen LogP contribution is -2.39. The van der Waals surface area contributed by atoms with Gasteiger partial charge in [-0.15, -0.1) is 0 Å². The first-order valence-electron chi connectivity index (χ1n) is 9.62. The maximum atomic E-state index is 13.6. The fourth-order valence-corrected chi connectivity index (χ4v) is 5.90. The number of benzene rings is 1. The summed E-state index contributed by atoms with van der Waals surface area (Å²) < 4.78 is 47.1. The highest BCUT2D eigenvalue weighted by molar-refractivity contribution is 7.89. The Morgan fingerprint density at radius 3 is 2.60 bits per heavy atom. The molecule has 0 radical (unpaired) electrons. The Morgan fingerprint density at radius 2 is 1.93 bits per heavy atom. The van der Waals surface area contributed by atoms with Crippen molar-refractivity contribution < 1.29 is 17.3 Å². The molecule has 3 heterocycles. The van der Waals surface area contributed by atoms with Crippen LogP contribution < -0.4 is 5.73 Å². The number of nitrogens with two attached hydrogens (primary N) is 1. The average molecular weight is 431 g/mol. The number of nitrogens with zero attached hydrogens (tertiary/aromatic N) is 4. The first kappa shape index (κ1) is 20.4. The van der Waals surface area contributed by atoms with E-state index >= 15 is 0 Å². The lowest BCUT2D eigenvalue weighted by atomic mass is 9.95. The van der Waals surface area contributed by atoms with Crippen molar-refractivity contribution >= 4 is 16.0 Å². The van der Waals surface area contributed by atoms with E-state index in [-0.39, 0.29) is 22.4 Å². The van der Waals surface area contributed by atoms with Crippen LogP contribution in [0.3, 0.4) is 0 Å². The molecule has 0 saturated carbocycles. The van der Waals surface area contributed by atoms with Gasteiger partial charge in [0, 0.05) is 18.3 Å². The number of hydrogen-bond acceptors (Lipinski definition) is 7. The maximum absolute atomic E-state index is 13.6. The molecule has 8 nitrogen and oxygen atoms in total. The fourth-order valence-electron chi connectivity index (χ4n) is 3.94. The zero-order chi connectivity index (χ0) is 21.5. The fraction of sp³-hybridized carbons (Fsp3) is 0.350. The Bertz CT molecular complexity index is 1160. The molecule has 158 valence electrons. The predicted octanol–water partition coefficient (Wildman–Crippen LogP) is 3.39. The molecule has 2 N–H and O–H groups in total. The van der Waals surface area contributed by atoms with E-state index in [2.05, 4.69) is 15.1 Å². The number of sulfonamides is 1. The van der Waals surface area contributed by atoms with Gasteiger partial charge in [0.1, 0.15) is 16.4 Å². The molecule has 0 aliphatic carbocycles. The summed E-state index contributed by atoms with van der Waals surface area (Å²) in [6, 6.07) is 5.37. The number of piperidine rings is 1. The predicted molar refractivity (Wildman–Crippen MR) is 108 cm³/mol. The van der Waals surface area contributed by atoms with Crippen molar-refractivity contribution in [1.82, 2.24) is 19.4 Å². The lowest BCUT2D eigenvalue weighted by molar-refractivity contribution is 0.251. The zero-order valence-electron chi connectivity index (χ0n) is 16.7. The third kappa shape index (κ3) is 3.56. The molecule has 1 aliphatic rings. The zero-order valence-corrected chi connectivity index (χ0v) is 17.5. The Balaban J connectivity index is 1.84. The number of nitrogen functional groups attached to an aromatic ring is 1. The van der Waals surface area contributed by atoms with E-state index in [0.29, 0.717) is 35.5 Å². The van der Waals surface area contributed by atoms with Gasteiger partial charge in [0.05, 0.1) is 11.7 Å². The molecule has 0 bridgehead atoms. The summed E-state index contributed by atoms with van der Waals surface area (Å²) in [7, 11) is -3.88. The van der Waals surface area contributed by atoms with Gasteiger partial charge in [-0.1, -0.05) is 23.7 Å². The minimum atomic E-state index is -3.88. The van der Waals surface area contributed by atoms with E-state index in [9.17, 15) is 12.8 Å². The molecular weight excluding hydrogens is 409 g/mol. The molecule has 1 aromatic carbocycles. The highest BCUT2D eigenvalue weighted by atomic mass is 32.2. The van der Waals surface area contributed by atoms with E-state index in [4.69, 9.17) is 10.3 Å². The van der Waals surface area contributed by atoms with Crippen LogP contribution in [-0.4, -0.2) is 34.4 Å². The summed E-state index contributed by atoms with van der Waals surface area (Å²) in [5.41, 5.74) is 7.99. The van der Waals surface area contributed by atoms with Crippen molar-refractivity contribution in [2.75, 3.05) is 12.3 Å². The molecule has 2 aromatic heterocycles. The number of halogens is 1. The standard InChI is InChI=1S/C20H22FN5O3S/c1-12-19(13(2)29-25-12)30(27,28)26-10-4-3-5-17(26)18-16(11-23-20(22)24-18)14-6-8-15(21)9-7-14/h6-9,11,17H,3-5,10H2,1-2H3,(H2,22,23,24)/t17-/m0/s1. The van der Waals surface area contributed by atoms with Crippen LogP contribution in [0.2, 0.25) is 0 Å². The van der Waals surface area contributed by atoms with Crippen LogP contribution in [0.25, 0.3) is 11.1 Å². The second-order valence-corrected chi connectivity index (χ2v) is 9.14. The summed E-state index contributed by atoms with van der Waals surface area (Å²) >= 11 is 0. The van der Waals surface area contributed by atoms with Gasteiger partial charge in [0.2, 0.25) is 16.0 Å². The molecule has 0 amide bonds. The topological polar surface area (TPSA) is 115 Å². The molecule has 1 fully saturated rings. The lowest BCUT2D eigenvalue weighted by Gasteiger charge is -2.35. The number of aromatic nitrogens is 3. The Kier molecular flexibility index (Phi) is 5.29. The molecule has 4 rings (SSSR count). The number of hydrogen-bond donors (Lipinski definition) is 1. The van der Waals surface area contributed by atoms with Crippen molar-refractivity contribution in [2.24, 2.45) is 0 Å². The van der Waals surface area contributed by atoms with Crippen LogP contribution in [0.15, 0.2) is 39.9 Å². The molecule has 1 saturated heterocycles. The largest absolute Gasteiger partial charge is 0.368 e. The van der Waals surface area contributed by atoms with E-state index < -0.39 is 16.1 Å². The SMILES string of the molecule is Cc1noc(C)c1S(=O)(=O)N1CCCC[C@H]1c1nc(N)ncc1-c1ccc(F)cc1. The van der Waals surface area contributed by atoms with Crippen LogP contribution in [-0.2, 0) is 10.0 Å². The Morgan fingerprint density at radius 1 is 1.20 bits per heavy atom. The van der Waals surface area contributed by atoms with Crippen LogP contribution in [0.5, 0.6) is 0 Å². The highest BCUT2D eigenvalue weighted by Crippen LogP contribution is 2.39. The van der Waals surface area contributed by atoms with Crippen LogP contribution in [0.4, 0.5) is 10.3 Å². The van der Waals surface area contributed by atoms with Crippen molar-refractivity contribution in [2.45, 2.75) is 44.0 Å². The summed E-state index contributed by atoms with van der Waals surface area (Å²) in [6.07, 6.45) is 3.70. The van der Waals surface area contributed by atoms with Gasteiger partial charge in [-0.2, -0.15) is 4.31 Å². The third-order valence-corrected chi connectivity index (χ3v) is 7.45. The van der Waals surface area contributed by atoms with Crippen LogP contribution in [0, 0.1) is 19.7 Å². The average Bonchev–Trinajstić information content (AvgIpc) is 3.07. The van der Waals surface area contributed by atoms with E-state index in [1.165, 1.54) is 16.4 Å². The molecule has 1 aliphatic heterocycles. The summed E-state index contributed by atoms with van der Waals surface area (Å²) in [5.74, 6) is -0.0640. The van der Waals surface area contributed by atoms with Gasteiger partial charge in [0.25, 0.3) is 0 Å². The second-order valence-electron chi connectivity index (χ2n) is 7.31. The van der Waals surface area contributed by atoms with E-state index in [0.717, 1.165) is 12.8 Å². The Labute approximate surface area is 174 Å². The summed E-state index contributed by atoms with van der Waals surface area (Å²) in [5, 5.41) is 3.80. The molecule has 3 aromatic rings. The van der Waals surface area contributed by atoms with Crippen molar-refractivity contribution in [3.05, 3.63) is 53.4 Å². The normalized spacial score (nSPS) is 17.9. The van der Waals surface area contributed by atoms with Gasteiger partial charge < -0.3 is 10.3 Å². The smallest absolute Gasteiger partial charge is 0.249 e. The Hall–Kier alpha value is -2.85. The molecular formula is C20H22FN5O3S. The van der Waals surface area contributed by atoms with E-state index in [1.807, 2.05) is 0 Å². The number of aryl methyl sites for hydroxylation is 2. The van der Waals surface area contributed by atoms with Gasteiger partial charge in [0.15, 0.2) is 5.76 Å². The van der Waals surface area contributed by atoms with Crippen molar-refractivity contribution in [3.63, 3.8) is 0 Å². The van der Waals surface area contributed by atoms with Gasteiger partial charge in [-0.3, -0.25) is 0 Å². The minimum absolute atomic E-state index is 0.0520. The molecule has 1 atom stereocenters. The summed E-state index contributed by atoms with van der Waals surface area (Å²) in [4.78, 5) is 8.58. The molecule has 30 heavy (non-hydrogen) atoms. The van der Waals surface area contributed by atoms with E-state index in [1.54, 1.807) is 32.2 Å². The number of rotatable bonds is 4. The minimum Gasteiger partial charge on any atom is -0.368 e. The van der Waals surface area contributed by atoms with Gasteiger partial charge in [-0.05, 0) is 44.4 Å². The van der Waals surface area contributed by atoms with Crippen molar-refractivity contribution in [3.8, 4) is 11.1 Å². The maximum Gasteiger partial charge on any atom is 0.249 e. The van der Waals surface area contributed by atoms with Crippen molar-refractivity contribution in [1.29, 1.82) is 0 Å². The van der Waals surface area contributed by atoms with Gasteiger partial charge >= 0.3 is 0 Å². The molecule has 0 spiro atoms. The first-order valence-corrected chi connectivity index (χ1v) is 11.1. The van der Waals surface area contributed by atoms with Gasteiger partial charge in [-0.25, -0.2) is 22.8 Å². The highest BCUT2D eigenvalue weighted by Gasteiger charge is 2.39. The van der Waals surface area contributed by atoms with Crippen LogP contribution >= 0.6 is 0 Å². The molecule has 0 unspecified atom stereocenters.